The molecule has 3 heteroatoms. The van der Waals surface area contributed by atoms with Gasteiger partial charge in [0.2, 0.25) is 0 Å². The van der Waals surface area contributed by atoms with Gasteiger partial charge in [0.05, 0.1) is 6.10 Å². The van der Waals surface area contributed by atoms with E-state index in [1.807, 2.05) is 0 Å². The van der Waals surface area contributed by atoms with E-state index < -0.39 is 0 Å². The van der Waals surface area contributed by atoms with Crippen molar-refractivity contribution in [3.8, 4) is 0 Å². The summed E-state index contributed by atoms with van der Waals surface area (Å²) < 4.78 is 0. The summed E-state index contributed by atoms with van der Waals surface area (Å²) in [6.45, 7) is 3.33. The first-order valence-electron chi connectivity index (χ1n) is 6.28. The van der Waals surface area contributed by atoms with Crippen molar-refractivity contribution in [1.82, 2.24) is 5.32 Å². The second kappa shape index (κ2) is 5.55. The van der Waals surface area contributed by atoms with E-state index in [-0.39, 0.29) is 6.10 Å². The normalized spacial score (nSPS) is 42.0. The van der Waals surface area contributed by atoms with E-state index in [1.165, 1.54) is 31.4 Å². The van der Waals surface area contributed by atoms with Crippen LogP contribution in [0.3, 0.4) is 0 Å². The Morgan fingerprint density at radius 2 is 2.13 bits per heavy atom. The van der Waals surface area contributed by atoms with Gasteiger partial charge in [-0.3, -0.25) is 0 Å². The van der Waals surface area contributed by atoms with Crippen molar-refractivity contribution in [2.24, 2.45) is 5.92 Å². The molecule has 1 saturated heterocycles. The number of hydrogen-bond donors (Lipinski definition) is 2. The van der Waals surface area contributed by atoms with E-state index in [0.29, 0.717) is 12.0 Å². The zero-order chi connectivity index (χ0) is 10.7. The van der Waals surface area contributed by atoms with E-state index >= 15 is 0 Å². The van der Waals surface area contributed by atoms with Gasteiger partial charge in [-0.25, -0.2) is 0 Å². The van der Waals surface area contributed by atoms with Crippen molar-refractivity contribution in [2.45, 2.75) is 56.4 Å². The van der Waals surface area contributed by atoms with Crippen molar-refractivity contribution in [3.05, 3.63) is 0 Å². The van der Waals surface area contributed by atoms with Crippen molar-refractivity contribution in [3.63, 3.8) is 0 Å². The SMILES string of the molecule is CC1CC(NCC2CCCCC2O)CS1. The summed E-state index contributed by atoms with van der Waals surface area (Å²) in [6, 6.07) is 0.694. The third kappa shape index (κ3) is 3.36. The molecule has 0 aromatic heterocycles. The van der Waals surface area contributed by atoms with Gasteiger partial charge in [0.15, 0.2) is 0 Å². The lowest BCUT2D eigenvalue weighted by Gasteiger charge is -2.28. The molecule has 15 heavy (non-hydrogen) atoms. The Hall–Kier alpha value is 0.270. The molecule has 2 aliphatic rings. The quantitative estimate of drug-likeness (QED) is 0.776. The summed E-state index contributed by atoms with van der Waals surface area (Å²) in [5, 5.41) is 14.3. The number of aliphatic hydroxyl groups is 1. The summed E-state index contributed by atoms with van der Waals surface area (Å²) in [6.07, 6.45) is 6.00. The predicted molar refractivity (Wildman–Crippen MR) is 66.3 cm³/mol. The van der Waals surface area contributed by atoms with Crippen LogP contribution in [-0.2, 0) is 0 Å². The summed E-state index contributed by atoms with van der Waals surface area (Å²) in [7, 11) is 0. The van der Waals surface area contributed by atoms with Crippen LogP contribution in [0.25, 0.3) is 0 Å². The summed E-state index contributed by atoms with van der Waals surface area (Å²) >= 11 is 2.07. The smallest absolute Gasteiger partial charge is 0.0580 e. The maximum absolute atomic E-state index is 9.85. The molecule has 1 saturated carbocycles. The van der Waals surface area contributed by atoms with E-state index in [2.05, 4.69) is 24.0 Å². The van der Waals surface area contributed by atoms with Crippen LogP contribution in [0, 0.1) is 5.92 Å². The molecule has 0 aromatic carbocycles. The fourth-order valence-corrected chi connectivity index (χ4v) is 3.89. The summed E-state index contributed by atoms with van der Waals surface area (Å²) in [5.74, 6) is 1.77. The van der Waals surface area contributed by atoms with Crippen LogP contribution in [0.2, 0.25) is 0 Å². The van der Waals surface area contributed by atoms with Gasteiger partial charge >= 0.3 is 0 Å². The third-order valence-corrected chi connectivity index (χ3v) is 5.09. The molecule has 0 aromatic rings. The highest BCUT2D eigenvalue weighted by molar-refractivity contribution is 8.00. The van der Waals surface area contributed by atoms with Gasteiger partial charge in [-0.2, -0.15) is 11.8 Å². The molecule has 2 N–H and O–H groups in total. The first-order chi connectivity index (χ1) is 7.25. The zero-order valence-electron chi connectivity index (χ0n) is 9.61. The van der Waals surface area contributed by atoms with Gasteiger partial charge in [-0.15, -0.1) is 0 Å². The number of hydrogen-bond acceptors (Lipinski definition) is 3. The molecule has 1 aliphatic heterocycles. The molecule has 0 amide bonds. The highest BCUT2D eigenvalue weighted by Gasteiger charge is 2.26. The van der Waals surface area contributed by atoms with Crippen LogP contribution in [0.4, 0.5) is 0 Å². The van der Waals surface area contributed by atoms with Crippen molar-refractivity contribution in [1.29, 1.82) is 0 Å². The molecule has 4 unspecified atom stereocenters. The molecule has 2 rings (SSSR count). The Morgan fingerprint density at radius 3 is 2.80 bits per heavy atom. The molecular weight excluding hydrogens is 206 g/mol. The van der Waals surface area contributed by atoms with Gasteiger partial charge in [0.25, 0.3) is 0 Å². The molecule has 1 heterocycles. The van der Waals surface area contributed by atoms with E-state index in [4.69, 9.17) is 0 Å². The first-order valence-corrected chi connectivity index (χ1v) is 7.33. The molecular formula is C12H23NOS. The Labute approximate surface area is 97.2 Å². The van der Waals surface area contributed by atoms with Gasteiger partial charge in [-0.1, -0.05) is 19.8 Å². The maximum atomic E-state index is 9.85. The van der Waals surface area contributed by atoms with Crippen molar-refractivity contribution < 1.29 is 5.11 Å². The second-order valence-electron chi connectivity index (χ2n) is 5.10. The van der Waals surface area contributed by atoms with Gasteiger partial charge in [0.1, 0.15) is 0 Å². The monoisotopic (exact) mass is 229 g/mol. The van der Waals surface area contributed by atoms with E-state index in [1.54, 1.807) is 0 Å². The fraction of sp³-hybridized carbons (Fsp3) is 1.00. The van der Waals surface area contributed by atoms with Crippen LogP contribution in [0.5, 0.6) is 0 Å². The average Bonchev–Trinajstić information content (AvgIpc) is 2.63. The molecule has 2 nitrogen and oxygen atoms in total. The Morgan fingerprint density at radius 1 is 1.33 bits per heavy atom. The van der Waals surface area contributed by atoms with E-state index in [9.17, 15) is 5.11 Å². The lowest BCUT2D eigenvalue weighted by atomic mass is 9.86. The van der Waals surface area contributed by atoms with Crippen LogP contribution in [0.1, 0.15) is 39.0 Å². The van der Waals surface area contributed by atoms with Crippen molar-refractivity contribution in [2.75, 3.05) is 12.3 Å². The van der Waals surface area contributed by atoms with E-state index in [0.717, 1.165) is 18.2 Å². The lowest BCUT2D eigenvalue weighted by molar-refractivity contribution is 0.0685. The van der Waals surface area contributed by atoms with Gasteiger partial charge < -0.3 is 10.4 Å². The summed E-state index contributed by atoms with van der Waals surface area (Å²) in [5.41, 5.74) is 0. The fourth-order valence-electron chi connectivity index (χ4n) is 2.70. The number of thioether (sulfide) groups is 1. The Balaban J connectivity index is 1.68. The molecule has 0 radical (unpaired) electrons. The topological polar surface area (TPSA) is 32.3 Å². The molecule has 88 valence electrons. The molecule has 4 atom stereocenters. The minimum atomic E-state index is -0.0438. The molecule has 1 aliphatic carbocycles. The molecule has 0 bridgehead atoms. The summed E-state index contributed by atoms with van der Waals surface area (Å²) in [4.78, 5) is 0. The number of aliphatic hydroxyl groups excluding tert-OH is 1. The Bertz CT molecular complexity index is 200. The zero-order valence-corrected chi connectivity index (χ0v) is 10.4. The van der Waals surface area contributed by atoms with Crippen LogP contribution in [0.15, 0.2) is 0 Å². The molecule has 2 fully saturated rings. The second-order valence-corrected chi connectivity index (χ2v) is 6.57. The minimum absolute atomic E-state index is 0.0438. The standard InChI is InChI=1S/C12H23NOS/c1-9-6-11(8-15-9)13-7-10-4-2-3-5-12(10)14/h9-14H,2-8H2,1H3. The highest BCUT2D eigenvalue weighted by Crippen LogP contribution is 2.27. The number of nitrogens with one attached hydrogen (secondary N) is 1. The molecule has 0 spiro atoms. The largest absolute Gasteiger partial charge is 0.393 e. The predicted octanol–water partition coefficient (Wildman–Crippen LogP) is 2.02. The lowest BCUT2D eigenvalue weighted by Crippen LogP contribution is -2.39. The highest BCUT2D eigenvalue weighted by atomic mass is 32.2. The van der Waals surface area contributed by atoms with Crippen LogP contribution >= 0.6 is 11.8 Å². The average molecular weight is 229 g/mol. The third-order valence-electron chi connectivity index (χ3n) is 3.74. The van der Waals surface area contributed by atoms with Crippen LogP contribution in [-0.4, -0.2) is 34.8 Å². The van der Waals surface area contributed by atoms with Gasteiger partial charge in [-0.05, 0) is 25.2 Å². The minimum Gasteiger partial charge on any atom is -0.393 e. The first kappa shape index (κ1) is 11.7. The maximum Gasteiger partial charge on any atom is 0.0580 e. The van der Waals surface area contributed by atoms with Gasteiger partial charge in [0, 0.05) is 23.6 Å². The van der Waals surface area contributed by atoms with Crippen molar-refractivity contribution >= 4 is 11.8 Å². The number of rotatable bonds is 3. The van der Waals surface area contributed by atoms with Crippen LogP contribution < -0.4 is 5.32 Å². The Kier molecular flexibility index (Phi) is 4.35.